The maximum atomic E-state index is 12.3. The summed E-state index contributed by atoms with van der Waals surface area (Å²) in [5.74, 6) is 0.318. The van der Waals surface area contributed by atoms with E-state index in [1.165, 1.54) is 17.3 Å². The van der Waals surface area contributed by atoms with Gasteiger partial charge in [-0.3, -0.25) is 0 Å². The first-order chi connectivity index (χ1) is 7.13. The molecule has 1 rings (SSSR count). The summed E-state index contributed by atoms with van der Waals surface area (Å²) < 4.78 is 25.2. The van der Waals surface area contributed by atoms with Crippen LogP contribution in [0.15, 0.2) is 16.9 Å². The van der Waals surface area contributed by atoms with Crippen LogP contribution in [0, 0.1) is 0 Å². The van der Waals surface area contributed by atoms with Gasteiger partial charge in [0.05, 0.1) is 11.0 Å². The third kappa shape index (κ3) is 4.38. The second-order valence-electron chi connectivity index (χ2n) is 2.73. The SMILES string of the molecule is FC(F)CN(CCBr)c1ncc(Br)cn1. The number of hydrogen-bond acceptors (Lipinski definition) is 3. The Balaban J connectivity index is 2.74. The molecular weight excluding hydrogens is 336 g/mol. The molecule has 84 valence electrons. The van der Waals surface area contributed by atoms with Gasteiger partial charge in [0.2, 0.25) is 5.95 Å². The minimum Gasteiger partial charge on any atom is -0.334 e. The number of hydrogen-bond donors (Lipinski definition) is 0. The molecule has 0 saturated carbocycles. The fourth-order valence-electron chi connectivity index (χ4n) is 1.01. The van der Waals surface area contributed by atoms with Crippen LogP contribution in [0.25, 0.3) is 0 Å². The van der Waals surface area contributed by atoms with Crippen molar-refractivity contribution >= 4 is 37.8 Å². The number of rotatable bonds is 5. The van der Waals surface area contributed by atoms with Crippen molar-refractivity contribution in [3.8, 4) is 0 Å². The second kappa shape index (κ2) is 6.32. The summed E-state index contributed by atoms with van der Waals surface area (Å²) in [6.45, 7) is 0.0964. The third-order valence-electron chi connectivity index (χ3n) is 1.60. The Labute approximate surface area is 103 Å². The summed E-state index contributed by atoms with van der Waals surface area (Å²) >= 11 is 6.38. The van der Waals surface area contributed by atoms with Crippen molar-refractivity contribution in [3.05, 3.63) is 16.9 Å². The molecule has 1 heterocycles. The maximum Gasteiger partial charge on any atom is 0.255 e. The Morgan fingerprint density at radius 3 is 2.40 bits per heavy atom. The highest BCUT2D eigenvalue weighted by Crippen LogP contribution is 2.12. The van der Waals surface area contributed by atoms with Crippen molar-refractivity contribution in [3.63, 3.8) is 0 Å². The third-order valence-corrected chi connectivity index (χ3v) is 2.37. The molecule has 0 aliphatic rings. The molecule has 0 radical (unpaired) electrons. The molecule has 0 spiro atoms. The number of anilines is 1. The molecule has 0 atom stereocenters. The van der Waals surface area contributed by atoms with Gasteiger partial charge in [0.25, 0.3) is 6.43 Å². The summed E-state index contributed by atoms with van der Waals surface area (Å²) in [4.78, 5) is 9.36. The van der Waals surface area contributed by atoms with E-state index in [9.17, 15) is 8.78 Å². The van der Waals surface area contributed by atoms with Gasteiger partial charge in [0.1, 0.15) is 0 Å². The number of alkyl halides is 3. The van der Waals surface area contributed by atoms with Gasteiger partial charge in [0, 0.05) is 24.3 Å². The molecule has 15 heavy (non-hydrogen) atoms. The van der Waals surface area contributed by atoms with Crippen molar-refractivity contribution in [1.82, 2.24) is 9.97 Å². The van der Waals surface area contributed by atoms with Gasteiger partial charge in [-0.05, 0) is 15.9 Å². The Kier molecular flexibility index (Phi) is 5.38. The number of aromatic nitrogens is 2. The number of nitrogens with zero attached hydrogens (tertiary/aromatic N) is 3. The van der Waals surface area contributed by atoms with E-state index >= 15 is 0 Å². The van der Waals surface area contributed by atoms with Gasteiger partial charge < -0.3 is 4.90 Å². The lowest BCUT2D eigenvalue weighted by atomic mass is 10.5. The zero-order chi connectivity index (χ0) is 11.3. The van der Waals surface area contributed by atoms with E-state index in [0.717, 1.165) is 4.47 Å². The molecular formula is C8H9Br2F2N3. The normalized spacial score (nSPS) is 10.7. The van der Waals surface area contributed by atoms with Gasteiger partial charge in [-0.2, -0.15) is 0 Å². The Hall–Kier alpha value is -0.300. The van der Waals surface area contributed by atoms with Crippen molar-refractivity contribution < 1.29 is 8.78 Å². The minimum absolute atomic E-state index is 0.318. The maximum absolute atomic E-state index is 12.3. The first kappa shape index (κ1) is 12.8. The van der Waals surface area contributed by atoms with Gasteiger partial charge in [-0.15, -0.1) is 0 Å². The lowest BCUT2D eigenvalue weighted by Gasteiger charge is -2.20. The Bertz CT molecular complexity index is 294. The molecule has 0 saturated heterocycles. The average molecular weight is 345 g/mol. The fourth-order valence-corrected chi connectivity index (χ4v) is 1.64. The number of halogens is 4. The first-order valence-electron chi connectivity index (χ1n) is 4.20. The molecule has 1 aromatic heterocycles. The molecule has 0 unspecified atom stereocenters. The quantitative estimate of drug-likeness (QED) is 0.769. The predicted molar refractivity (Wildman–Crippen MR) is 61.7 cm³/mol. The predicted octanol–water partition coefficient (Wildman–Crippen LogP) is 2.71. The van der Waals surface area contributed by atoms with E-state index in [1.54, 1.807) is 0 Å². The highest BCUT2D eigenvalue weighted by molar-refractivity contribution is 9.10. The lowest BCUT2D eigenvalue weighted by molar-refractivity contribution is 0.155. The minimum atomic E-state index is -2.39. The summed E-state index contributed by atoms with van der Waals surface area (Å²) in [6, 6.07) is 0. The zero-order valence-electron chi connectivity index (χ0n) is 7.71. The van der Waals surface area contributed by atoms with Crippen LogP contribution in [0.2, 0.25) is 0 Å². The van der Waals surface area contributed by atoms with E-state index in [-0.39, 0.29) is 6.54 Å². The lowest BCUT2D eigenvalue weighted by Crippen LogP contribution is -2.32. The topological polar surface area (TPSA) is 29.0 Å². The summed E-state index contributed by atoms with van der Waals surface area (Å²) in [5, 5.41) is 0.596. The molecule has 3 nitrogen and oxygen atoms in total. The zero-order valence-corrected chi connectivity index (χ0v) is 10.9. The molecule has 1 aromatic rings. The van der Waals surface area contributed by atoms with Crippen LogP contribution in [0.4, 0.5) is 14.7 Å². The summed E-state index contributed by atoms with van der Waals surface area (Å²) in [6.07, 6.45) is 0.681. The van der Waals surface area contributed by atoms with E-state index < -0.39 is 6.43 Å². The van der Waals surface area contributed by atoms with Gasteiger partial charge in [-0.1, -0.05) is 15.9 Å². The largest absolute Gasteiger partial charge is 0.334 e. The van der Waals surface area contributed by atoms with Crippen LogP contribution in [-0.4, -0.2) is 34.8 Å². The first-order valence-corrected chi connectivity index (χ1v) is 6.11. The van der Waals surface area contributed by atoms with E-state index in [4.69, 9.17) is 0 Å². The van der Waals surface area contributed by atoms with E-state index in [0.29, 0.717) is 17.8 Å². The molecule has 0 bridgehead atoms. The summed E-state index contributed by atoms with van der Waals surface area (Å²) in [7, 11) is 0. The Morgan fingerprint density at radius 1 is 1.33 bits per heavy atom. The van der Waals surface area contributed by atoms with E-state index in [1.807, 2.05) is 0 Å². The highest BCUT2D eigenvalue weighted by Gasteiger charge is 2.14. The van der Waals surface area contributed by atoms with Crippen LogP contribution >= 0.6 is 31.9 Å². The van der Waals surface area contributed by atoms with Crippen molar-refractivity contribution in [2.75, 3.05) is 23.3 Å². The van der Waals surface area contributed by atoms with Gasteiger partial charge in [-0.25, -0.2) is 18.7 Å². The van der Waals surface area contributed by atoms with Crippen molar-refractivity contribution in [2.45, 2.75) is 6.43 Å². The molecule has 0 aliphatic heterocycles. The van der Waals surface area contributed by atoms with Gasteiger partial charge >= 0.3 is 0 Å². The van der Waals surface area contributed by atoms with Gasteiger partial charge in [0.15, 0.2) is 0 Å². The molecule has 0 aliphatic carbocycles. The molecule has 7 heteroatoms. The Morgan fingerprint density at radius 2 is 1.93 bits per heavy atom. The molecule has 0 aromatic carbocycles. The van der Waals surface area contributed by atoms with Crippen LogP contribution < -0.4 is 4.90 Å². The summed E-state index contributed by atoms with van der Waals surface area (Å²) in [5.41, 5.74) is 0. The molecule has 0 amide bonds. The average Bonchev–Trinajstić information content (AvgIpc) is 2.17. The van der Waals surface area contributed by atoms with Crippen LogP contribution in [0.1, 0.15) is 0 Å². The van der Waals surface area contributed by atoms with Crippen molar-refractivity contribution in [2.24, 2.45) is 0 Å². The second-order valence-corrected chi connectivity index (χ2v) is 4.44. The smallest absolute Gasteiger partial charge is 0.255 e. The van der Waals surface area contributed by atoms with E-state index in [2.05, 4.69) is 41.8 Å². The van der Waals surface area contributed by atoms with Crippen LogP contribution in [0.5, 0.6) is 0 Å². The monoisotopic (exact) mass is 343 g/mol. The highest BCUT2D eigenvalue weighted by atomic mass is 79.9. The standard InChI is InChI=1S/C8H9Br2F2N3/c9-1-2-15(5-7(11)12)8-13-3-6(10)4-14-8/h3-4,7H,1-2,5H2. The van der Waals surface area contributed by atoms with Crippen LogP contribution in [-0.2, 0) is 0 Å². The fraction of sp³-hybridized carbons (Fsp3) is 0.500. The molecule has 0 N–H and O–H groups in total. The van der Waals surface area contributed by atoms with Crippen molar-refractivity contribution in [1.29, 1.82) is 0 Å². The van der Waals surface area contributed by atoms with Crippen LogP contribution in [0.3, 0.4) is 0 Å². The molecule has 0 fully saturated rings.